The molecule has 0 fully saturated rings. The van der Waals surface area contributed by atoms with Crippen molar-refractivity contribution in [3.63, 3.8) is 0 Å². The van der Waals surface area contributed by atoms with Gasteiger partial charge in [-0.2, -0.15) is 0 Å². The highest BCUT2D eigenvalue weighted by Gasteiger charge is 2.08. The Labute approximate surface area is 75.4 Å². The van der Waals surface area contributed by atoms with Crippen LogP contribution in [0.1, 0.15) is 6.92 Å². The second-order valence-electron chi connectivity index (χ2n) is 2.62. The van der Waals surface area contributed by atoms with Gasteiger partial charge in [-0.3, -0.25) is 0 Å². The van der Waals surface area contributed by atoms with Gasteiger partial charge < -0.3 is 16.2 Å². The average Bonchev–Trinajstić information content (AvgIpc) is 2.51. The smallest absolute Gasteiger partial charge is 0.182 e. The van der Waals surface area contributed by atoms with E-state index in [1.165, 1.54) is 11.3 Å². The fourth-order valence-electron chi connectivity index (χ4n) is 0.686. The predicted molar refractivity (Wildman–Crippen MR) is 50.3 cm³/mol. The summed E-state index contributed by atoms with van der Waals surface area (Å²) in [5, 5.41) is 14.8. The van der Waals surface area contributed by atoms with E-state index in [9.17, 15) is 0 Å². The molecule has 2 atom stereocenters. The Bertz CT molecular complexity index is 212. The monoisotopic (exact) mass is 187 g/mol. The van der Waals surface area contributed by atoms with Crippen LogP contribution in [0.15, 0.2) is 11.6 Å². The Morgan fingerprint density at radius 1 is 1.83 bits per heavy atom. The predicted octanol–water partition coefficient (Wildman–Crippen LogP) is 0.263. The first-order valence-electron chi connectivity index (χ1n) is 3.77. The van der Waals surface area contributed by atoms with E-state index in [0.717, 1.165) is 5.13 Å². The van der Waals surface area contributed by atoms with Gasteiger partial charge in [-0.25, -0.2) is 4.98 Å². The summed E-state index contributed by atoms with van der Waals surface area (Å²) >= 11 is 1.52. The van der Waals surface area contributed by atoms with Gasteiger partial charge in [0.15, 0.2) is 5.13 Å². The number of hydrogen-bond acceptors (Lipinski definition) is 5. The number of nitrogens with two attached hydrogens (primary N) is 1. The standard InChI is InChI=1S/C7H13N3OS/c1-5(11)6(8)4-10-7-9-2-3-12-7/h2-3,5-6,11H,4,8H2,1H3,(H,9,10). The SMILES string of the molecule is CC(O)C(N)CNc1nccs1. The summed E-state index contributed by atoms with van der Waals surface area (Å²) < 4.78 is 0. The minimum absolute atomic E-state index is 0.242. The van der Waals surface area contributed by atoms with Crippen molar-refractivity contribution in [3.8, 4) is 0 Å². The summed E-state index contributed by atoms with van der Waals surface area (Å²) in [6, 6.07) is -0.242. The molecule has 68 valence electrons. The summed E-state index contributed by atoms with van der Waals surface area (Å²) in [6.45, 7) is 2.22. The number of thiazole rings is 1. The van der Waals surface area contributed by atoms with Crippen molar-refractivity contribution in [2.24, 2.45) is 5.73 Å². The van der Waals surface area contributed by atoms with Crippen molar-refractivity contribution < 1.29 is 5.11 Å². The van der Waals surface area contributed by atoms with Gasteiger partial charge in [0.1, 0.15) is 0 Å². The van der Waals surface area contributed by atoms with Crippen LogP contribution in [0.2, 0.25) is 0 Å². The van der Waals surface area contributed by atoms with Crippen LogP contribution in [0, 0.1) is 0 Å². The molecule has 1 heterocycles. The molecule has 0 aliphatic rings. The van der Waals surface area contributed by atoms with E-state index >= 15 is 0 Å². The molecule has 0 aromatic carbocycles. The van der Waals surface area contributed by atoms with Crippen molar-refractivity contribution >= 4 is 16.5 Å². The van der Waals surface area contributed by atoms with Crippen molar-refractivity contribution in [3.05, 3.63) is 11.6 Å². The lowest BCUT2D eigenvalue weighted by molar-refractivity contribution is 0.168. The first kappa shape index (κ1) is 9.44. The van der Waals surface area contributed by atoms with Gasteiger partial charge in [-0.15, -0.1) is 11.3 Å². The molecule has 0 aliphatic carbocycles. The van der Waals surface area contributed by atoms with E-state index in [-0.39, 0.29) is 6.04 Å². The fourth-order valence-corrected chi connectivity index (χ4v) is 1.23. The molecule has 12 heavy (non-hydrogen) atoms. The molecule has 1 rings (SSSR count). The second kappa shape index (κ2) is 4.39. The maximum absolute atomic E-state index is 9.07. The maximum Gasteiger partial charge on any atom is 0.182 e. The lowest BCUT2D eigenvalue weighted by Gasteiger charge is -2.14. The fraction of sp³-hybridized carbons (Fsp3) is 0.571. The molecule has 0 aliphatic heterocycles. The number of nitrogens with one attached hydrogen (secondary N) is 1. The van der Waals surface area contributed by atoms with Crippen LogP contribution in [0.5, 0.6) is 0 Å². The highest BCUT2D eigenvalue weighted by Crippen LogP contribution is 2.09. The van der Waals surface area contributed by atoms with Gasteiger partial charge in [-0.1, -0.05) is 0 Å². The van der Waals surface area contributed by atoms with Crippen molar-refractivity contribution in [2.75, 3.05) is 11.9 Å². The third-order valence-corrected chi connectivity index (χ3v) is 2.27. The minimum atomic E-state index is -0.488. The number of aliphatic hydroxyl groups is 1. The summed E-state index contributed by atoms with van der Waals surface area (Å²) in [4.78, 5) is 4.02. The Kier molecular flexibility index (Phi) is 3.46. The molecule has 0 radical (unpaired) electrons. The number of hydrogen-bond donors (Lipinski definition) is 3. The molecule has 4 nitrogen and oxygen atoms in total. The first-order valence-corrected chi connectivity index (χ1v) is 4.65. The van der Waals surface area contributed by atoms with Crippen LogP contribution in [0.4, 0.5) is 5.13 Å². The lowest BCUT2D eigenvalue weighted by atomic mass is 10.2. The Morgan fingerprint density at radius 3 is 3.08 bits per heavy atom. The van der Waals surface area contributed by atoms with Crippen LogP contribution in [0.3, 0.4) is 0 Å². The van der Waals surface area contributed by atoms with Crippen LogP contribution in [-0.2, 0) is 0 Å². The van der Waals surface area contributed by atoms with Gasteiger partial charge in [0.05, 0.1) is 6.10 Å². The van der Waals surface area contributed by atoms with Gasteiger partial charge in [0.2, 0.25) is 0 Å². The molecular weight excluding hydrogens is 174 g/mol. The number of aliphatic hydroxyl groups excluding tert-OH is 1. The van der Waals surface area contributed by atoms with Crippen LogP contribution < -0.4 is 11.1 Å². The maximum atomic E-state index is 9.07. The van der Waals surface area contributed by atoms with Crippen LogP contribution in [0.25, 0.3) is 0 Å². The van der Waals surface area contributed by atoms with E-state index in [1.54, 1.807) is 13.1 Å². The molecule has 0 spiro atoms. The molecule has 0 bridgehead atoms. The van der Waals surface area contributed by atoms with E-state index in [1.807, 2.05) is 5.38 Å². The molecule has 0 saturated heterocycles. The third-order valence-electron chi connectivity index (χ3n) is 1.54. The van der Waals surface area contributed by atoms with Crippen molar-refractivity contribution in [1.29, 1.82) is 0 Å². The summed E-state index contributed by atoms with van der Waals surface area (Å²) in [5.41, 5.74) is 5.60. The molecule has 0 saturated carbocycles. The molecular formula is C7H13N3OS. The van der Waals surface area contributed by atoms with Crippen LogP contribution >= 0.6 is 11.3 Å². The van der Waals surface area contributed by atoms with Gasteiger partial charge in [0.25, 0.3) is 0 Å². The molecule has 5 heteroatoms. The summed E-state index contributed by atoms with van der Waals surface area (Å²) in [7, 11) is 0. The zero-order chi connectivity index (χ0) is 8.97. The van der Waals surface area contributed by atoms with Crippen molar-refractivity contribution in [2.45, 2.75) is 19.1 Å². The number of aromatic nitrogens is 1. The topological polar surface area (TPSA) is 71.2 Å². The molecule has 1 aromatic heterocycles. The van der Waals surface area contributed by atoms with E-state index in [0.29, 0.717) is 6.54 Å². The zero-order valence-electron chi connectivity index (χ0n) is 6.90. The molecule has 1 aromatic rings. The molecule has 2 unspecified atom stereocenters. The third kappa shape index (κ3) is 2.77. The highest BCUT2D eigenvalue weighted by molar-refractivity contribution is 7.13. The van der Waals surface area contributed by atoms with Gasteiger partial charge in [-0.05, 0) is 6.92 Å². The Hall–Kier alpha value is -0.650. The summed E-state index contributed by atoms with van der Waals surface area (Å²) in [5.74, 6) is 0. The van der Waals surface area contributed by atoms with Gasteiger partial charge >= 0.3 is 0 Å². The first-order chi connectivity index (χ1) is 5.70. The van der Waals surface area contributed by atoms with Crippen LogP contribution in [-0.4, -0.2) is 28.8 Å². The van der Waals surface area contributed by atoms with Gasteiger partial charge in [0, 0.05) is 24.2 Å². The number of rotatable bonds is 4. The van der Waals surface area contributed by atoms with Crippen molar-refractivity contribution in [1.82, 2.24) is 4.98 Å². The summed E-state index contributed by atoms with van der Waals surface area (Å²) in [6.07, 6.45) is 1.23. The molecule has 0 amide bonds. The largest absolute Gasteiger partial charge is 0.392 e. The minimum Gasteiger partial charge on any atom is -0.392 e. The van der Waals surface area contributed by atoms with E-state index in [2.05, 4.69) is 10.3 Å². The van der Waals surface area contributed by atoms with E-state index < -0.39 is 6.10 Å². The second-order valence-corrected chi connectivity index (χ2v) is 3.52. The number of nitrogens with zero attached hydrogens (tertiary/aromatic N) is 1. The number of anilines is 1. The van der Waals surface area contributed by atoms with E-state index in [4.69, 9.17) is 10.8 Å². The Morgan fingerprint density at radius 2 is 2.58 bits per heavy atom. The zero-order valence-corrected chi connectivity index (χ0v) is 7.71. The normalized spacial score (nSPS) is 15.6. The highest BCUT2D eigenvalue weighted by atomic mass is 32.1. The lowest BCUT2D eigenvalue weighted by Crippen LogP contribution is -2.38. The quantitative estimate of drug-likeness (QED) is 0.632. The Balaban J connectivity index is 2.27. The average molecular weight is 187 g/mol. The molecule has 4 N–H and O–H groups in total.